The minimum Gasteiger partial charge on any atom is -0.494 e. The monoisotopic (exact) mass is 442 g/mol. The zero-order valence-electron chi connectivity index (χ0n) is 16.0. The Hall–Kier alpha value is -2.50. The van der Waals surface area contributed by atoms with Gasteiger partial charge in [0.05, 0.1) is 7.11 Å². The van der Waals surface area contributed by atoms with Crippen molar-refractivity contribution >= 4 is 27.4 Å². The SMILES string of the molecule is COc1cc(F)c(F)[c]([Al]([c]2cc(C)c(F)cc2F)[c]2cc(C)c(F)cc2F)c1F. The van der Waals surface area contributed by atoms with E-state index >= 15 is 4.39 Å². The van der Waals surface area contributed by atoms with Gasteiger partial charge in [0, 0.05) is 18.2 Å². The van der Waals surface area contributed by atoms with Crippen LogP contribution in [0.3, 0.4) is 0 Å². The van der Waals surface area contributed by atoms with Crippen molar-refractivity contribution in [3.8, 4) is 5.75 Å². The molecular weight excluding hydrogens is 428 g/mol. The maximum absolute atomic E-state index is 15.1. The molecule has 1 nitrogen and oxygen atoms in total. The Kier molecular flexibility index (Phi) is 6.16. The number of aryl methyl sites for hydroxylation is 2. The fourth-order valence-corrected chi connectivity index (χ4v) is 6.58. The molecule has 0 fully saturated rings. The first-order valence-corrected chi connectivity index (χ1v) is 10.4. The molecule has 30 heavy (non-hydrogen) atoms. The number of hydrogen-bond donors (Lipinski definition) is 0. The van der Waals surface area contributed by atoms with Crippen molar-refractivity contribution in [3.05, 3.63) is 82.2 Å². The molecule has 9 heteroatoms. The van der Waals surface area contributed by atoms with Crippen molar-refractivity contribution < 1.29 is 35.5 Å². The summed E-state index contributed by atoms with van der Waals surface area (Å²) in [6.07, 6.45) is 0. The second-order valence-corrected chi connectivity index (χ2v) is 9.47. The molecule has 0 aliphatic rings. The van der Waals surface area contributed by atoms with E-state index in [1.165, 1.54) is 13.8 Å². The van der Waals surface area contributed by atoms with Gasteiger partial charge in [-0.2, -0.15) is 0 Å². The van der Waals surface area contributed by atoms with Gasteiger partial charge in [-0.05, 0) is 29.4 Å². The van der Waals surface area contributed by atoms with Crippen LogP contribution in [0.15, 0.2) is 30.3 Å². The van der Waals surface area contributed by atoms with Crippen molar-refractivity contribution in [1.29, 1.82) is 0 Å². The second kappa shape index (κ2) is 8.32. The molecule has 0 amide bonds. The first-order valence-electron chi connectivity index (χ1n) is 8.69. The summed E-state index contributed by atoms with van der Waals surface area (Å²) in [5.74, 6) is -9.34. The van der Waals surface area contributed by atoms with Crippen LogP contribution in [0, 0.1) is 54.6 Å². The zero-order chi connectivity index (χ0) is 22.3. The van der Waals surface area contributed by atoms with Crippen LogP contribution in [0.25, 0.3) is 0 Å². The van der Waals surface area contributed by atoms with Gasteiger partial charge in [0.15, 0.2) is 17.4 Å². The lowest BCUT2D eigenvalue weighted by Crippen LogP contribution is -2.57. The molecule has 0 N–H and O–H groups in total. The van der Waals surface area contributed by atoms with Gasteiger partial charge >= 0.3 is 14.1 Å². The van der Waals surface area contributed by atoms with Gasteiger partial charge in [-0.1, -0.05) is 21.0 Å². The van der Waals surface area contributed by atoms with E-state index in [1.807, 2.05) is 0 Å². The predicted molar refractivity (Wildman–Crippen MR) is 99.7 cm³/mol. The van der Waals surface area contributed by atoms with Gasteiger partial charge in [0.2, 0.25) is 0 Å². The summed E-state index contributed by atoms with van der Waals surface area (Å²) in [6, 6.07) is 3.47. The van der Waals surface area contributed by atoms with Gasteiger partial charge in [-0.15, -0.1) is 0 Å². The molecule has 0 aliphatic carbocycles. The van der Waals surface area contributed by atoms with Crippen molar-refractivity contribution in [2.75, 3.05) is 7.11 Å². The average molecular weight is 442 g/mol. The standard InChI is InChI=1S/C7H4F3O.2C7H5F2.Al/c1-11-7-3-5(9)4(8)2-6(7)10;2*1-5-2-3-6(8)4-7(5)9;/h3H,1H3;2*2,4H,1H3;. The molecule has 3 aromatic rings. The lowest BCUT2D eigenvalue weighted by Gasteiger charge is -2.20. The third kappa shape index (κ3) is 3.80. The first-order chi connectivity index (χ1) is 14.1. The van der Waals surface area contributed by atoms with Crippen molar-refractivity contribution in [2.45, 2.75) is 13.8 Å². The third-order valence-corrected chi connectivity index (χ3v) is 8.06. The maximum Gasteiger partial charge on any atom is 0.402 e. The Morgan fingerprint density at radius 3 is 1.50 bits per heavy atom. The molecule has 0 unspecified atom stereocenters. The molecule has 0 bridgehead atoms. The summed E-state index contributed by atoms with van der Waals surface area (Å²) in [5.41, 5.74) is -0.125. The van der Waals surface area contributed by atoms with Crippen LogP contribution in [0.4, 0.5) is 30.7 Å². The number of hydrogen-bond acceptors (Lipinski definition) is 1. The molecule has 0 saturated carbocycles. The number of rotatable bonds is 4. The summed E-state index contributed by atoms with van der Waals surface area (Å²) in [7, 11) is 1.02. The summed E-state index contributed by atoms with van der Waals surface area (Å²) >= 11 is -3.79. The lowest BCUT2D eigenvalue weighted by atomic mass is 10.2. The van der Waals surface area contributed by atoms with E-state index in [0.717, 1.165) is 19.2 Å². The zero-order valence-corrected chi connectivity index (χ0v) is 17.2. The van der Waals surface area contributed by atoms with Crippen LogP contribution in [0.2, 0.25) is 0 Å². The fraction of sp³-hybridized carbons (Fsp3) is 0.143. The number of halogens is 7. The van der Waals surface area contributed by atoms with Gasteiger partial charge < -0.3 is 4.74 Å². The molecule has 0 radical (unpaired) electrons. The Labute approximate surface area is 172 Å². The maximum atomic E-state index is 15.1. The van der Waals surface area contributed by atoms with E-state index in [9.17, 15) is 26.3 Å². The molecule has 3 rings (SSSR count). The smallest absolute Gasteiger partial charge is 0.402 e. The van der Waals surface area contributed by atoms with E-state index in [4.69, 9.17) is 4.74 Å². The quantitative estimate of drug-likeness (QED) is 0.340. The molecule has 3 aromatic carbocycles. The highest BCUT2D eigenvalue weighted by Gasteiger charge is 2.38. The van der Waals surface area contributed by atoms with Gasteiger partial charge in [-0.25, -0.2) is 30.7 Å². The molecule has 0 aromatic heterocycles. The molecular formula is C21H14AlF7O. The van der Waals surface area contributed by atoms with E-state index in [0.29, 0.717) is 18.2 Å². The second-order valence-electron chi connectivity index (χ2n) is 6.78. The summed E-state index contributed by atoms with van der Waals surface area (Å²) in [5, 5.41) is 0. The Morgan fingerprint density at radius 2 is 1.07 bits per heavy atom. The van der Waals surface area contributed by atoms with E-state index in [1.54, 1.807) is 0 Å². The minimum atomic E-state index is -3.79. The molecule has 0 atom stereocenters. The van der Waals surface area contributed by atoms with Crippen LogP contribution in [-0.2, 0) is 0 Å². The Balaban J connectivity index is 2.47. The number of ether oxygens (including phenoxy) is 1. The van der Waals surface area contributed by atoms with Crippen LogP contribution in [0.5, 0.6) is 5.75 Å². The lowest BCUT2D eigenvalue weighted by molar-refractivity contribution is 0.379. The van der Waals surface area contributed by atoms with Crippen LogP contribution < -0.4 is 18.0 Å². The Morgan fingerprint density at radius 1 is 0.600 bits per heavy atom. The molecule has 0 heterocycles. The van der Waals surface area contributed by atoms with Crippen molar-refractivity contribution in [3.63, 3.8) is 0 Å². The highest BCUT2D eigenvalue weighted by molar-refractivity contribution is 6.95. The number of methoxy groups -OCH3 is 1. The molecule has 156 valence electrons. The number of benzene rings is 3. The van der Waals surface area contributed by atoms with Gasteiger partial charge in [-0.3, -0.25) is 0 Å². The minimum absolute atomic E-state index is 0.0627. The van der Waals surface area contributed by atoms with E-state index in [2.05, 4.69) is 0 Å². The van der Waals surface area contributed by atoms with Gasteiger partial charge in [0.25, 0.3) is 0 Å². The van der Waals surface area contributed by atoms with Crippen molar-refractivity contribution in [1.82, 2.24) is 0 Å². The fourth-order valence-electron chi connectivity index (χ4n) is 3.28. The summed E-state index contributed by atoms with van der Waals surface area (Å²) in [6.45, 7) is 2.57. The summed E-state index contributed by atoms with van der Waals surface area (Å²) < 4.78 is 104. The topological polar surface area (TPSA) is 9.23 Å². The molecule has 0 spiro atoms. The predicted octanol–water partition coefficient (Wildman–Crippen LogP) is 3.80. The van der Waals surface area contributed by atoms with E-state index in [-0.39, 0.29) is 20.0 Å². The normalized spacial score (nSPS) is 11.0. The Bertz CT molecular complexity index is 1090. The van der Waals surface area contributed by atoms with Crippen molar-refractivity contribution in [2.24, 2.45) is 0 Å². The molecule has 0 aliphatic heterocycles. The van der Waals surface area contributed by atoms with Crippen LogP contribution in [0.1, 0.15) is 11.1 Å². The van der Waals surface area contributed by atoms with E-state index < -0.39 is 65.0 Å². The average Bonchev–Trinajstić information content (AvgIpc) is 2.68. The largest absolute Gasteiger partial charge is 0.494 e. The molecule has 0 saturated heterocycles. The van der Waals surface area contributed by atoms with Crippen LogP contribution in [-0.4, -0.2) is 21.3 Å². The van der Waals surface area contributed by atoms with Crippen LogP contribution >= 0.6 is 0 Å². The highest BCUT2D eigenvalue weighted by Crippen LogP contribution is 2.21. The first kappa shape index (κ1) is 22.2. The summed E-state index contributed by atoms with van der Waals surface area (Å²) in [4.78, 5) is 0. The third-order valence-electron chi connectivity index (χ3n) is 4.84. The highest BCUT2D eigenvalue weighted by atomic mass is 27.2. The van der Waals surface area contributed by atoms with Gasteiger partial charge in [0.1, 0.15) is 29.1 Å².